The summed E-state index contributed by atoms with van der Waals surface area (Å²) in [5.74, 6) is 0.237. The normalized spacial score (nSPS) is 10.2. The molecule has 0 radical (unpaired) electrons. The fourth-order valence-corrected chi connectivity index (χ4v) is 2.53. The van der Waals surface area contributed by atoms with Gasteiger partial charge in [-0.15, -0.1) is 0 Å². The summed E-state index contributed by atoms with van der Waals surface area (Å²) >= 11 is 3.28. The summed E-state index contributed by atoms with van der Waals surface area (Å²) in [7, 11) is 1.47. The van der Waals surface area contributed by atoms with Gasteiger partial charge in [0.2, 0.25) is 0 Å². The Labute approximate surface area is 146 Å². The lowest BCUT2D eigenvalue weighted by molar-refractivity contribution is -0.384. The number of carboxylic acid groups (broad SMARTS) is 1. The topological polar surface area (TPSA) is 98.9 Å². The molecular weight excluding hydrogens is 382 g/mol. The Morgan fingerprint density at radius 1 is 1.21 bits per heavy atom. The van der Waals surface area contributed by atoms with Crippen molar-refractivity contribution in [3.63, 3.8) is 0 Å². The lowest BCUT2D eigenvalue weighted by Crippen LogP contribution is -2.01. The number of nitro groups is 1. The monoisotopic (exact) mass is 395 g/mol. The maximum atomic E-state index is 10.9. The van der Waals surface area contributed by atoms with Crippen LogP contribution in [0.4, 0.5) is 5.69 Å². The van der Waals surface area contributed by atoms with E-state index >= 15 is 0 Å². The molecule has 0 bridgehead atoms. The van der Waals surface area contributed by atoms with Crippen LogP contribution in [0.3, 0.4) is 0 Å². The third-order valence-electron chi connectivity index (χ3n) is 3.20. The van der Waals surface area contributed by atoms with Crippen LogP contribution in [0.1, 0.15) is 11.1 Å². The number of benzene rings is 2. The fraction of sp³-hybridized carbons (Fsp3) is 0.188. The van der Waals surface area contributed by atoms with Gasteiger partial charge in [-0.1, -0.05) is 22.0 Å². The van der Waals surface area contributed by atoms with Gasteiger partial charge in [0.25, 0.3) is 5.69 Å². The highest BCUT2D eigenvalue weighted by atomic mass is 79.9. The summed E-state index contributed by atoms with van der Waals surface area (Å²) in [6.07, 6.45) is -0.147. The Hall–Kier alpha value is -2.61. The lowest BCUT2D eigenvalue weighted by Gasteiger charge is -2.13. The highest BCUT2D eigenvalue weighted by Gasteiger charge is 2.14. The maximum absolute atomic E-state index is 10.9. The number of carboxylic acids is 1. The van der Waals surface area contributed by atoms with E-state index in [1.54, 1.807) is 18.2 Å². The smallest absolute Gasteiger partial charge is 0.307 e. The van der Waals surface area contributed by atoms with Gasteiger partial charge in [-0.25, -0.2) is 0 Å². The largest absolute Gasteiger partial charge is 0.493 e. The highest BCUT2D eigenvalue weighted by Crippen LogP contribution is 2.36. The van der Waals surface area contributed by atoms with Crippen LogP contribution in [0.2, 0.25) is 0 Å². The van der Waals surface area contributed by atoms with Crippen LogP contribution in [0.25, 0.3) is 0 Å². The van der Waals surface area contributed by atoms with E-state index in [2.05, 4.69) is 15.9 Å². The molecule has 2 aromatic carbocycles. The van der Waals surface area contributed by atoms with Crippen LogP contribution < -0.4 is 9.47 Å². The number of carbonyl (C=O) groups is 1. The molecule has 24 heavy (non-hydrogen) atoms. The Balaban J connectivity index is 2.39. The average Bonchev–Trinajstić information content (AvgIpc) is 2.54. The molecule has 7 nitrogen and oxygen atoms in total. The van der Waals surface area contributed by atoms with E-state index in [1.807, 2.05) is 0 Å². The summed E-state index contributed by atoms with van der Waals surface area (Å²) in [5.41, 5.74) is 1.11. The number of hydrogen-bond acceptors (Lipinski definition) is 5. The van der Waals surface area contributed by atoms with E-state index < -0.39 is 10.9 Å². The van der Waals surface area contributed by atoms with Gasteiger partial charge in [-0.05, 0) is 23.8 Å². The summed E-state index contributed by atoms with van der Waals surface area (Å²) in [6.45, 7) is 0. The van der Waals surface area contributed by atoms with Crippen LogP contribution in [0.5, 0.6) is 17.2 Å². The number of halogens is 1. The Kier molecular flexibility index (Phi) is 5.75. The minimum atomic E-state index is -0.956. The van der Waals surface area contributed by atoms with E-state index in [9.17, 15) is 14.9 Å². The fourth-order valence-electron chi connectivity index (χ4n) is 2.09. The quantitative estimate of drug-likeness (QED) is 0.433. The third kappa shape index (κ3) is 4.23. The summed E-state index contributed by atoms with van der Waals surface area (Å²) in [6, 6.07) is 9.09. The number of alkyl halides is 1. The predicted octanol–water partition coefficient (Wildman–Crippen LogP) is 3.92. The van der Waals surface area contributed by atoms with Crippen LogP contribution in [-0.4, -0.2) is 23.1 Å². The van der Waals surface area contributed by atoms with Gasteiger partial charge in [-0.2, -0.15) is 0 Å². The molecule has 1 N–H and O–H groups in total. The molecule has 126 valence electrons. The summed E-state index contributed by atoms with van der Waals surface area (Å²) in [4.78, 5) is 21.2. The van der Waals surface area contributed by atoms with E-state index in [4.69, 9.17) is 14.6 Å². The van der Waals surface area contributed by atoms with Crippen LogP contribution in [0.15, 0.2) is 36.4 Å². The zero-order chi connectivity index (χ0) is 17.7. The molecular formula is C16H14BrNO6. The molecule has 0 saturated heterocycles. The molecule has 0 heterocycles. The van der Waals surface area contributed by atoms with E-state index in [0.717, 1.165) is 0 Å². The minimum Gasteiger partial charge on any atom is -0.493 e. The van der Waals surface area contributed by atoms with E-state index in [0.29, 0.717) is 33.7 Å². The van der Waals surface area contributed by atoms with Gasteiger partial charge in [0, 0.05) is 23.0 Å². The standard InChI is InChI=1S/C16H14BrNO6/c1-23-14-4-2-10(7-16(19)20)6-15(14)24-13-5-3-12(18(21)22)8-11(13)9-17/h2-6,8H,7,9H2,1H3,(H,19,20). The van der Waals surface area contributed by atoms with E-state index in [-0.39, 0.29) is 12.1 Å². The number of aliphatic carboxylic acids is 1. The van der Waals surface area contributed by atoms with Gasteiger partial charge in [-0.3, -0.25) is 14.9 Å². The summed E-state index contributed by atoms with van der Waals surface area (Å²) in [5, 5.41) is 20.1. The Morgan fingerprint density at radius 3 is 2.50 bits per heavy atom. The number of rotatable bonds is 7. The van der Waals surface area contributed by atoms with E-state index in [1.165, 1.54) is 25.3 Å². The van der Waals surface area contributed by atoms with Crippen molar-refractivity contribution in [1.29, 1.82) is 0 Å². The van der Waals surface area contributed by atoms with Crippen LogP contribution >= 0.6 is 15.9 Å². The molecule has 0 atom stereocenters. The lowest BCUT2D eigenvalue weighted by atomic mass is 10.1. The first kappa shape index (κ1) is 17.7. The van der Waals surface area contributed by atoms with Gasteiger partial charge < -0.3 is 14.6 Å². The Morgan fingerprint density at radius 2 is 1.92 bits per heavy atom. The molecule has 0 saturated carbocycles. The molecule has 8 heteroatoms. The van der Waals surface area contributed by atoms with Crippen molar-refractivity contribution in [3.05, 3.63) is 57.6 Å². The van der Waals surface area contributed by atoms with Gasteiger partial charge in [0.1, 0.15) is 5.75 Å². The number of hydrogen-bond donors (Lipinski definition) is 1. The first-order valence-electron chi connectivity index (χ1n) is 6.84. The van der Waals surface area contributed by atoms with Crippen molar-refractivity contribution >= 4 is 27.6 Å². The van der Waals surface area contributed by atoms with Crippen molar-refractivity contribution in [2.45, 2.75) is 11.8 Å². The molecule has 0 fully saturated rings. The highest BCUT2D eigenvalue weighted by molar-refractivity contribution is 9.08. The predicted molar refractivity (Wildman–Crippen MR) is 90.1 cm³/mol. The number of ether oxygens (including phenoxy) is 2. The second-order valence-corrected chi connectivity index (χ2v) is 5.40. The first-order chi connectivity index (χ1) is 11.4. The first-order valence-corrected chi connectivity index (χ1v) is 7.96. The molecule has 0 aliphatic carbocycles. The molecule has 0 amide bonds. The molecule has 0 unspecified atom stereocenters. The van der Waals surface area contributed by atoms with Crippen LogP contribution in [-0.2, 0) is 16.5 Å². The third-order valence-corrected chi connectivity index (χ3v) is 3.81. The second kappa shape index (κ2) is 7.78. The SMILES string of the molecule is COc1ccc(CC(=O)O)cc1Oc1ccc([N+](=O)[O-])cc1CBr. The molecule has 2 aromatic rings. The van der Waals surface area contributed by atoms with Crippen molar-refractivity contribution in [2.75, 3.05) is 7.11 Å². The van der Waals surface area contributed by atoms with Crippen LogP contribution in [0, 0.1) is 10.1 Å². The maximum Gasteiger partial charge on any atom is 0.307 e. The van der Waals surface area contributed by atoms with Gasteiger partial charge in [0.15, 0.2) is 11.5 Å². The Bertz CT molecular complexity index is 777. The van der Waals surface area contributed by atoms with Crippen molar-refractivity contribution in [1.82, 2.24) is 0 Å². The van der Waals surface area contributed by atoms with Gasteiger partial charge in [0.05, 0.1) is 18.5 Å². The number of nitrogens with zero attached hydrogens (tertiary/aromatic N) is 1. The number of methoxy groups -OCH3 is 1. The molecule has 0 aliphatic rings. The number of nitro benzene ring substituents is 1. The molecule has 0 aliphatic heterocycles. The second-order valence-electron chi connectivity index (χ2n) is 4.84. The molecule has 2 rings (SSSR count). The zero-order valence-corrected chi connectivity index (χ0v) is 14.3. The minimum absolute atomic E-state index is 0.0385. The zero-order valence-electron chi connectivity index (χ0n) is 12.7. The van der Waals surface area contributed by atoms with Crippen molar-refractivity contribution < 1.29 is 24.3 Å². The molecule has 0 aromatic heterocycles. The molecule has 0 spiro atoms. The summed E-state index contributed by atoms with van der Waals surface area (Å²) < 4.78 is 11.0. The van der Waals surface area contributed by atoms with Crippen molar-refractivity contribution in [2.24, 2.45) is 0 Å². The van der Waals surface area contributed by atoms with Gasteiger partial charge >= 0.3 is 5.97 Å². The van der Waals surface area contributed by atoms with Crippen molar-refractivity contribution in [3.8, 4) is 17.2 Å². The number of non-ortho nitro benzene ring substituents is 1. The average molecular weight is 396 g/mol.